The monoisotopic (exact) mass is 435 g/mol. The third kappa shape index (κ3) is 5.25. The molecule has 1 saturated carbocycles. The highest BCUT2D eigenvalue weighted by Gasteiger charge is 2.44. The summed E-state index contributed by atoms with van der Waals surface area (Å²) >= 11 is 0. The third-order valence-corrected chi connectivity index (χ3v) is 3.18. The molecule has 2 rings (SSSR count). The van der Waals surface area contributed by atoms with Crippen molar-refractivity contribution in [2.24, 2.45) is 16.6 Å². The first kappa shape index (κ1) is 18.9. The van der Waals surface area contributed by atoms with Gasteiger partial charge in [0.05, 0.1) is 12.1 Å². The molecule has 1 aromatic rings. The quantitative estimate of drug-likeness (QED) is 0.330. The number of nitrogens with one attached hydrogen (secondary N) is 1. The smallest absolute Gasteiger partial charge is 0.370 e. The second-order valence-electron chi connectivity index (χ2n) is 4.88. The lowest BCUT2D eigenvalue weighted by Crippen LogP contribution is -2.34. The number of nitrogens with zero attached hydrogens (tertiary/aromatic N) is 1. The van der Waals surface area contributed by atoms with Crippen molar-refractivity contribution in [1.82, 2.24) is 5.32 Å². The fourth-order valence-corrected chi connectivity index (χ4v) is 1.92. The van der Waals surface area contributed by atoms with Crippen LogP contribution >= 0.6 is 24.0 Å². The van der Waals surface area contributed by atoms with Gasteiger partial charge in [0.2, 0.25) is 6.43 Å². The average molecular weight is 435 g/mol. The van der Waals surface area contributed by atoms with Gasteiger partial charge in [-0.1, -0.05) is 12.1 Å². The largest absolute Gasteiger partial charge is 0.416 e. The normalized spacial score (nSPS) is 21.5. The van der Waals surface area contributed by atoms with Crippen molar-refractivity contribution in [3.05, 3.63) is 35.4 Å². The molecular weight excluding hydrogens is 420 g/mol. The molecule has 124 valence electrons. The number of hydrogen-bond donors (Lipinski definition) is 2. The van der Waals surface area contributed by atoms with Crippen LogP contribution in [0.25, 0.3) is 0 Å². The Kier molecular flexibility index (Phi) is 6.38. The van der Waals surface area contributed by atoms with Crippen LogP contribution in [0.4, 0.5) is 22.0 Å². The Morgan fingerprint density at radius 3 is 2.59 bits per heavy atom. The minimum Gasteiger partial charge on any atom is -0.370 e. The number of hydrogen-bond acceptors (Lipinski definition) is 1. The van der Waals surface area contributed by atoms with E-state index in [1.165, 1.54) is 12.1 Å². The lowest BCUT2D eigenvalue weighted by molar-refractivity contribution is -0.137. The summed E-state index contributed by atoms with van der Waals surface area (Å²) in [5.74, 6) is -0.770. The molecule has 1 fully saturated rings. The van der Waals surface area contributed by atoms with Gasteiger partial charge in [-0.05, 0) is 24.1 Å². The molecule has 3 N–H and O–H groups in total. The molecule has 0 radical (unpaired) electrons. The zero-order chi connectivity index (χ0) is 15.6. The number of aliphatic imine (C=N–C) groups is 1. The Morgan fingerprint density at radius 1 is 1.36 bits per heavy atom. The fraction of sp³-hybridized carbons (Fsp3) is 0.462. The van der Waals surface area contributed by atoms with E-state index in [-0.39, 0.29) is 36.5 Å². The first-order valence-corrected chi connectivity index (χ1v) is 6.28. The molecule has 0 saturated heterocycles. The topological polar surface area (TPSA) is 50.4 Å². The van der Waals surface area contributed by atoms with Crippen molar-refractivity contribution in [2.75, 3.05) is 0 Å². The van der Waals surface area contributed by atoms with Crippen LogP contribution in [0.1, 0.15) is 17.5 Å². The number of halogens is 6. The Bertz CT molecular complexity index is 533. The zero-order valence-corrected chi connectivity index (χ0v) is 13.6. The van der Waals surface area contributed by atoms with Crippen molar-refractivity contribution < 1.29 is 22.0 Å². The van der Waals surface area contributed by atoms with Gasteiger partial charge in [0.25, 0.3) is 0 Å². The number of alkyl halides is 5. The van der Waals surface area contributed by atoms with E-state index in [2.05, 4.69) is 10.3 Å². The molecule has 0 aliphatic heterocycles. The van der Waals surface area contributed by atoms with Gasteiger partial charge in [0, 0.05) is 12.0 Å². The molecule has 0 bridgehead atoms. The molecule has 2 atom stereocenters. The molecule has 0 aromatic heterocycles. The number of rotatable bonds is 4. The van der Waals surface area contributed by atoms with Crippen LogP contribution in [0.15, 0.2) is 29.3 Å². The fourth-order valence-electron chi connectivity index (χ4n) is 1.92. The molecule has 9 heteroatoms. The molecule has 3 nitrogen and oxygen atoms in total. The maximum atomic E-state index is 12.5. The Balaban J connectivity index is 0.00000242. The number of guanidine groups is 1. The molecule has 1 aliphatic rings. The summed E-state index contributed by atoms with van der Waals surface area (Å²) in [6.07, 6.45) is -6.50. The molecule has 1 aromatic carbocycles. The summed E-state index contributed by atoms with van der Waals surface area (Å²) in [7, 11) is 0. The van der Waals surface area contributed by atoms with Gasteiger partial charge >= 0.3 is 6.18 Å². The van der Waals surface area contributed by atoms with Crippen molar-refractivity contribution in [1.29, 1.82) is 0 Å². The number of benzene rings is 1. The van der Waals surface area contributed by atoms with E-state index < -0.39 is 30.1 Å². The third-order valence-electron chi connectivity index (χ3n) is 3.18. The number of nitrogens with two attached hydrogens (primary N) is 1. The van der Waals surface area contributed by atoms with Gasteiger partial charge in [-0.2, -0.15) is 13.2 Å². The highest BCUT2D eigenvalue weighted by molar-refractivity contribution is 14.0. The van der Waals surface area contributed by atoms with Gasteiger partial charge in [0.1, 0.15) is 0 Å². The first-order chi connectivity index (χ1) is 9.77. The van der Waals surface area contributed by atoms with E-state index >= 15 is 0 Å². The molecule has 0 spiro atoms. The first-order valence-electron chi connectivity index (χ1n) is 6.28. The van der Waals surface area contributed by atoms with Gasteiger partial charge in [0.15, 0.2) is 5.96 Å². The van der Waals surface area contributed by atoms with E-state index in [9.17, 15) is 22.0 Å². The Hall–Kier alpha value is -1.13. The van der Waals surface area contributed by atoms with E-state index in [0.29, 0.717) is 12.0 Å². The highest BCUT2D eigenvalue weighted by atomic mass is 127. The van der Waals surface area contributed by atoms with E-state index in [0.717, 1.165) is 12.1 Å². The van der Waals surface area contributed by atoms with Crippen LogP contribution in [0.2, 0.25) is 0 Å². The average Bonchev–Trinajstić information content (AvgIpc) is 3.15. The van der Waals surface area contributed by atoms with Gasteiger partial charge in [-0.15, -0.1) is 24.0 Å². The van der Waals surface area contributed by atoms with Crippen molar-refractivity contribution in [3.8, 4) is 0 Å². The van der Waals surface area contributed by atoms with Crippen molar-refractivity contribution >= 4 is 29.9 Å². The summed E-state index contributed by atoms with van der Waals surface area (Å²) < 4.78 is 62.2. The lowest BCUT2D eigenvalue weighted by atomic mass is 10.1. The summed E-state index contributed by atoms with van der Waals surface area (Å²) in [6, 6.07) is 4.31. The van der Waals surface area contributed by atoms with Crippen LogP contribution < -0.4 is 11.1 Å². The summed E-state index contributed by atoms with van der Waals surface area (Å²) in [5, 5.41) is 2.63. The van der Waals surface area contributed by atoms with Crippen LogP contribution in [-0.2, 0) is 12.7 Å². The van der Waals surface area contributed by atoms with E-state index in [4.69, 9.17) is 5.73 Å². The molecule has 1 aliphatic carbocycles. The minimum atomic E-state index is -4.41. The van der Waals surface area contributed by atoms with Gasteiger partial charge in [-0.25, -0.2) is 13.8 Å². The standard InChI is InChI=1S/C13H14F5N3.HI/c14-11(15)9-5-10(9)21-12(19)20-6-7-2-1-3-8(4-7)13(16,17)18;/h1-4,9-11H,5-6H2,(H3,19,20,21);1H/t9-,10-;/m0./s1. The van der Waals surface area contributed by atoms with Crippen molar-refractivity contribution in [2.45, 2.75) is 31.6 Å². The highest BCUT2D eigenvalue weighted by Crippen LogP contribution is 2.35. The second kappa shape index (κ2) is 7.42. The molecular formula is C13H15F5IN3. The van der Waals surface area contributed by atoms with Gasteiger partial charge < -0.3 is 11.1 Å². The maximum absolute atomic E-state index is 12.5. The predicted molar refractivity (Wildman–Crippen MR) is 83.2 cm³/mol. The second-order valence-corrected chi connectivity index (χ2v) is 4.88. The summed E-state index contributed by atoms with van der Waals surface area (Å²) in [6.45, 7) is -0.0468. The van der Waals surface area contributed by atoms with Crippen LogP contribution in [-0.4, -0.2) is 18.4 Å². The Labute approximate surface area is 141 Å². The zero-order valence-electron chi connectivity index (χ0n) is 11.3. The summed E-state index contributed by atoms with van der Waals surface area (Å²) in [4.78, 5) is 3.86. The minimum absolute atomic E-state index is 0. The van der Waals surface area contributed by atoms with E-state index in [1.54, 1.807) is 0 Å². The predicted octanol–water partition coefficient (Wildman–Crippen LogP) is 3.38. The summed E-state index contributed by atoms with van der Waals surface area (Å²) in [5.41, 5.74) is 5.10. The van der Waals surface area contributed by atoms with Crippen LogP contribution in [0.3, 0.4) is 0 Å². The molecule has 22 heavy (non-hydrogen) atoms. The van der Waals surface area contributed by atoms with E-state index in [1.807, 2.05) is 0 Å². The molecule has 0 amide bonds. The SMILES string of the molecule is I.NC(=NCc1cccc(C(F)(F)F)c1)N[C@H]1C[C@@H]1C(F)F. The van der Waals surface area contributed by atoms with Crippen LogP contribution in [0.5, 0.6) is 0 Å². The Morgan fingerprint density at radius 2 is 2.05 bits per heavy atom. The maximum Gasteiger partial charge on any atom is 0.416 e. The van der Waals surface area contributed by atoms with Crippen LogP contribution in [0, 0.1) is 5.92 Å². The molecule has 0 heterocycles. The van der Waals surface area contributed by atoms with Crippen molar-refractivity contribution in [3.63, 3.8) is 0 Å². The van der Waals surface area contributed by atoms with Gasteiger partial charge in [-0.3, -0.25) is 0 Å². The lowest BCUT2D eigenvalue weighted by Gasteiger charge is -2.08. The molecule has 0 unspecified atom stereocenters.